The van der Waals surface area contributed by atoms with Gasteiger partial charge in [-0.25, -0.2) is 0 Å². The van der Waals surface area contributed by atoms with Gasteiger partial charge in [-0.1, -0.05) is 23.8 Å². The standard InChI is InChI=1S/C27H34ClN3O4S/c1-5-14-29(4)23(33)20-21-24(34)31(16-7-17-32)22(27(21)13-12-26(20,3)36-27)25(35)30(15-6-2)19-10-8-18(28)9-11-19/h5-6,8-11,20-22,32H,1-2,7,12-17H2,3-4H3/t20-,21+,22?,26+,27?/m1/s1. The zero-order valence-corrected chi connectivity index (χ0v) is 22.4. The van der Waals surface area contributed by atoms with E-state index in [9.17, 15) is 19.5 Å². The minimum absolute atomic E-state index is 0.0827. The Labute approximate surface area is 222 Å². The van der Waals surface area contributed by atoms with Crippen LogP contribution in [-0.4, -0.2) is 81.5 Å². The number of likely N-dealkylation sites (tertiary alicyclic amines) is 1. The number of rotatable bonds is 10. The molecule has 9 heteroatoms. The van der Waals surface area contributed by atoms with Gasteiger partial charge in [0.15, 0.2) is 0 Å². The maximum Gasteiger partial charge on any atom is 0.251 e. The van der Waals surface area contributed by atoms with Crippen LogP contribution in [0.1, 0.15) is 26.2 Å². The summed E-state index contributed by atoms with van der Waals surface area (Å²) in [5.74, 6) is -1.57. The maximum atomic E-state index is 14.3. The Morgan fingerprint density at radius 3 is 2.47 bits per heavy atom. The van der Waals surface area contributed by atoms with E-state index in [1.54, 1.807) is 69.9 Å². The average Bonchev–Trinajstić information content (AvgIpc) is 3.42. The van der Waals surface area contributed by atoms with Gasteiger partial charge in [0.1, 0.15) is 6.04 Å². The van der Waals surface area contributed by atoms with Crippen LogP contribution in [-0.2, 0) is 14.4 Å². The number of aliphatic hydroxyl groups is 1. The largest absolute Gasteiger partial charge is 0.396 e. The molecule has 4 rings (SSSR count). The first-order valence-electron chi connectivity index (χ1n) is 12.3. The van der Waals surface area contributed by atoms with E-state index in [0.29, 0.717) is 30.1 Å². The number of hydrogen-bond donors (Lipinski definition) is 1. The van der Waals surface area contributed by atoms with E-state index in [2.05, 4.69) is 20.1 Å². The van der Waals surface area contributed by atoms with E-state index in [1.165, 1.54) is 0 Å². The summed E-state index contributed by atoms with van der Waals surface area (Å²) >= 11 is 7.73. The molecule has 3 aliphatic heterocycles. The van der Waals surface area contributed by atoms with Gasteiger partial charge in [0.25, 0.3) is 5.91 Å². The molecule has 7 nitrogen and oxygen atoms in total. The molecule has 0 saturated carbocycles. The van der Waals surface area contributed by atoms with Crippen LogP contribution in [0.4, 0.5) is 5.69 Å². The second-order valence-electron chi connectivity index (χ2n) is 10.1. The minimum atomic E-state index is -0.744. The fraction of sp³-hybridized carbons (Fsp3) is 0.519. The molecule has 1 spiro atoms. The molecule has 3 saturated heterocycles. The highest BCUT2D eigenvalue weighted by atomic mass is 35.5. The lowest BCUT2D eigenvalue weighted by atomic mass is 9.66. The topological polar surface area (TPSA) is 81.2 Å². The summed E-state index contributed by atoms with van der Waals surface area (Å²) in [6.45, 7) is 10.5. The van der Waals surface area contributed by atoms with Crippen molar-refractivity contribution in [3.8, 4) is 0 Å². The Balaban J connectivity index is 1.79. The van der Waals surface area contributed by atoms with E-state index in [4.69, 9.17) is 11.6 Å². The number of thioether (sulfide) groups is 1. The second kappa shape index (κ2) is 10.2. The summed E-state index contributed by atoms with van der Waals surface area (Å²) in [7, 11) is 1.73. The number of amides is 3. The Hall–Kier alpha value is -2.29. The number of carbonyl (C=O) groups excluding carboxylic acids is 3. The van der Waals surface area contributed by atoms with Gasteiger partial charge in [-0.2, -0.15) is 0 Å². The van der Waals surface area contributed by atoms with Crippen LogP contribution in [0.3, 0.4) is 0 Å². The second-order valence-corrected chi connectivity index (χ2v) is 12.4. The molecule has 2 bridgehead atoms. The van der Waals surface area contributed by atoms with E-state index >= 15 is 0 Å². The van der Waals surface area contributed by atoms with Gasteiger partial charge in [0.2, 0.25) is 11.8 Å². The van der Waals surface area contributed by atoms with Crippen LogP contribution in [0.15, 0.2) is 49.6 Å². The van der Waals surface area contributed by atoms with Gasteiger partial charge in [-0.15, -0.1) is 24.9 Å². The summed E-state index contributed by atoms with van der Waals surface area (Å²) in [5, 5.41) is 10.1. The van der Waals surface area contributed by atoms with Crippen molar-refractivity contribution in [2.75, 3.05) is 38.2 Å². The van der Waals surface area contributed by atoms with Crippen LogP contribution in [0.2, 0.25) is 5.02 Å². The normalized spacial score (nSPS) is 30.3. The fourth-order valence-electron chi connectivity index (χ4n) is 6.30. The number of likely N-dealkylation sites (N-methyl/N-ethyl adjacent to an activating group) is 1. The number of benzene rings is 1. The van der Waals surface area contributed by atoms with Crippen molar-refractivity contribution in [1.29, 1.82) is 0 Å². The molecule has 36 heavy (non-hydrogen) atoms. The van der Waals surface area contributed by atoms with Crippen molar-refractivity contribution < 1.29 is 19.5 Å². The van der Waals surface area contributed by atoms with Crippen molar-refractivity contribution in [1.82, 2.24) is 9.80 Å². The number of carbonyl (C=O) groups is 3. The summed E-state index contributed by atoms with van der Waals surface area (Å²) in [6.07, 6.45) is 5.12. The quantitative estimate of drug-likeness (QED) is 0.468. The third kappa shape index (κ3) is 4.17. The molecule has 2 unspecified atom stereocenters. The molecule has 1 aromatic carbocycles. The van der Waals surface area contributed by atoms with E-state index in [0.717, 1.165) is 6.42 Å². The summed E-state index contributed by atoms with van der Waals surface area (Å²) in [4.78, 5) is 46.9. The number of aliphatic hydroxyl groups excluding tert-OH is 1. The number of hydrogen-bond acceptors (Lipinski definition) is 5. The first-order valence-corrected chi connectivity index (χ1v) is 13.5. The van der Waals surface area contributed by atoms with Crippen molar-refractivity contribution in [2.45, 2.75) is 41.7 Å². The van der Waals surface area contributed by atoms with Gasteiger partial charge >= 0.3 is 0 Å². The molecule has 3 amide bonds. The SMILES string of the molecule is C=CCN(C)C(=O)[C@H]1[C@H]2C(=O)N(CCCO)C(C(=O)N(CC=C)c3ccc(Cl)cc3)C23CC[C@]1(C)S3. The van der Waals surface area contributed by atoms with Crippen LogP contribution in [0, 0.1) is 11.8 Å². The number of nitrogens with zero attached hydrogens (tertiary/aromatic N) is 3. The zero-order chi connectivity index (χ0) is 26.3. The summed E-state index contributed by atoms with van der Waals surface area (Å²) in [6, 6.07) is 6.28. The number of anilines is 1. The van der Waals surface area contributed by atoms with Crippen LogP contribution >= 0.6 is 23.4 Å². The molecule has 5 atom stereocenters. The van der Waals surface area contributed by atoms with Crippen molar-refractivity contribution >= 4 is 46.8 Å². The third-order valence-electron chi connectivity index (χ3n) is 7.83. The molecular formula is C27H34ClN3O4S. The first kappa shape index (κ1) is 26.8. The molecule has 1 aromatic rings. The molecular weight excluding hydrogens is 498 g/mol. The average molecular weight is 532 g/mol. The van der Waals surface area contributed by atoms with E-state index < -0.39 is 27.4 Å². The third-order valence-corrected chi connectivity index (χ3v) is 10.1. The van der Waals surface area contributed by atoms with Crippen molar-refractivity contribution in [2.24, 2.45) is 11.8 Å². The molecule has 0 aromatic heterocycles. The van der Waals surface area contributed by atoms with Gasteiger partial charge in [0.05, 0.1) is 16.6 Å². The number of fused-ring (bicyclic) bond motifs is 1. The Kier molecular flexibility index (Phi) is 7.60. The molecule has 0 radical (unpaired) electrons. The fourth-order valence-corrected chi connectivity index (χ4v) is 8.77. The van der Waals surface area contributed by atoms with E-state index in [1.807, 2.05) is 0 Å². The maximum absolute atomic E-state index is 14.3. The van der Waals surface area contributed by atoms with Crippen molar-refractivity contribution in [3.63, 3.8) is 0 Å². The summed E-state index contributed by atoms with van der Waals surface area (Å²) < 4.78 is -1.14. The van der Waals surface area contributed by atoms with Gasteiger partial charge in [-0.3, -0.25) is 14.4 Å². The molecule has 3 aliphatic rings. The highest BCUT2D eigenvalue weighted by molar-refractivity contribution is 8.02. The minimum Gasteiger partial charge on any atom is -0.396 e. The van der Waals surface area contributed by atoms with Gasteiger partial charge in [-0.05, 0) is 50.5 Å². The highest BCUT2D eigenvalue weighted by Crippen LogP contribution is 2.71. The van der Waals surface area contributed by atoms with Gasteiger partial charge < -0.3 is 19.8 Å². The zero-order valence-electron chi connectivity index (χ0n) is 20.9. The van der Waals surface area contributed by atoms with Gasteiger partial charge in [0, 0.05) is 48.7 Å². The lowest BCUT2D eigenvalue weighted by molar-refractivity contribution is -0.144. The smallest absolute Gasteiger partial charge is 0.251 e. The summed E-state index contributed by atoms with van der Waals surface area (Å²) in [5.41, 5.74) is 0.667. The van der Waals surface area contributed by atoms with Crippen molar-refractivity contribution in [3.05, 3.63) is 54.6 Å². The molecule has 0 aliphatic carbocycles. The predicted octanol–water partition coefficient (Wildman–Crippen LogP) is 3.37. The molecule has 1 N–H and O–H groups in total. The Morgan fingerprint density at radius 2 is 1.86 bits per heavy atom. The Bertz CT molecular complexity index is 1070. The predicted molar refractivity (Wildman–Crippen MR) is 144 cm³/mol. The van der Waals surface area contributed by atoms with Crippen LogP contribution < -0.4 is 4.90 Å². The first-order chi connectivity index (χ1) is 17.1. The Morgan fingerprint density at radius 1 is 1.19 bits per heavy atom. The van der Waals surface area contributed by atoms with Crippen LogP contribution in [0.25, 0.3) is 0 Å². The lowest BCUT2D eigenvalue weighted by Gasteiger charge is -2.37. The number of halogens is 1. The monoisotopic (exact) mass is 531 g/mol. The molecule has 194 valence electrons. The lowest BCUT2D eigenvalue weighted by Crippen LogP contribution is -2.55. The molecule has 3 heterocycles. The highest BCUT2D eigenvalue weighted by Gasteiger charge is 2.77. The molecule has 3 fully saturated rings. The van der Waals surface area contributed by atoms with Crippen LogP contribution in [0.5, 0.6) is 0 Å². The van der Waals surface area contributed by atoms with E-state index in [-0.39, 0.29) is 37.4 Å².